The first-order chi connectivity index (χ1) is 8.66. The summed E-state index contributed by atoms with van der Waals surface area (Å²) in [4.78, 5) is 0. The maximum Gasteiger partial charge on any atom is 0.119 e. The molecule has 2 heteroatoms. The number of hydrogen-bond acceptors (Lipinski definition) is 2. The van der Waals surface area contributed by atoms with Gasteiger partial charge in [-0.3, -0.25) is 0 Å². The molecule has 2 bridgehead atoms. The molecule has 3 fully saturated rings. The molecule has 1 aromatic carbocycles. The monoisotopic (exact) mass is 246 g/mol. The molecule has 0 spiro atoms. The third-order valence-electron chi connectivity index (χ3n) is 4.96. The minimum absolute atomic E-state index is 0.303. The molecule has 98 valence electrons. The van der Waals surface area contributed by atoms with Gasteiger partial charge in [0.2, 0.25) is 0 Å². The molecule has 3 aliphatic carbocycles. The van der Waals surface area contributed by atoms with Crippen LogP contribution < -0.4 is 4.74 Å². The Bertz CT molecular complexity index is 414. The van der Waals surface area contributed by atoms with E-state index in [0.29, 0.717) is 5.41 Å². The molecule has 3 saturated carbocycles. The van der Waals surface area contributed by atoms with Gasteiger partial charge < -0.3 is 9.84 Å². The van der Waals surface area contributed by atoms with Gasteiger partial charge in [-0.25, -0.2) is 0 Å². The summed E-state index contributed by atoms with van der Waals surface area (Å²) in [7, 11) is 0. The number of benzene rings is 1. The van der Waals surface area contributed by atoms with Gasteiger partial charge in [-0.05, 0) is 68.6 Å². The second-order valence-electron chi connectivity index (χ2n) is 5.97. The Kier molecular flexibility index (Phi) is 2.86. The minimum Gasteiger partial charge on any atom is -0.494 e. The van der Waals surface area contributed by atoms with Gasteiger partial charge in [-0.1, -0.05) is 12.1 Å². The number of rotatable bonds is 3. The highest BCUT2D eigenvalue weighted by atomic mass is 16.5. The zero-order valence-electron chi connectivity index (χ0n) is 11.1. The smallest absolute Gasteiger partial charge is 0.119 e. The number of fused-ring (bicyclic) bond motifs is 3. The van der Waals surface area contributed by atoms with Crippen molar-refractivity contribution in [1.29, 1.82) is 0 Å². The van der Waals surface area contributed by atoms with Crippen LogP contribution in [0.4, 0.5) is 0 Å². The molecule has 0 aliphatic heterocycles. The highest BCUT2D eigenvalue weighted by Gasteiger charge is 2.48. The van der Waals surface area contributed by atoms with Crippen LogP contribution in [0.5, 0.6) is 5.75 Å². The van der Waals surface area contributed by atoms with E-state index in [4.69, 9.17) is 4.74 Å². The largest absolute Gasteiger partial charge is 0.494 e. The number of hydrogen-bond donors (Lipinski definition) is 1. The summed E-state index contributed by atoms with van der Waals surface area (Å²) in [6.45, 7) is 2.74. The van der Waals surface area contributed by atoms with Crippen LogP contribution in [0, 0.1) is 0 Å². The molecule has 0 radical (unpaired) electrons. The Labute approximate surface area is 109 Å². The first kappa shape index (κ1) is 12.0. The lowest BCUT2D eigenvalue weighted by atomic mass is 9.56. The quantitative estimate of drug-likeness (QED) is 0.885. The Morgan fingerprint density at radius 3 is 2.39 bits per heavy atom. The van der Waals surface area contributed by atoms with Crippen LogP contribution in [0.2, 0.25) is 0 Å². The fourth-order valence-electron chi connectivity index (χ4n) is 3.68. The molecule has 1 N–H and O–H groups in total. The SMILES string of the molecule is CCOc1cccc(C23CCC(O)(CC2)CC3)c1. The van der Waals surface area contributed by atoms with Crippen molar-refractivity contribution in [2.45, 2.75) is 56.5 Å². The van der Waals surface area contributed by atoms with Crippen molar-refractivity contribution in [3.8, 4) is 5.75 Å². The molecule has 0 amide bonds. The highest BCUT2D eigenvalue weighted by molar-refractivity contribution is 5.35. The number of aliphatic hydroxyl groups is 1. The van der Waals surface area contributed by atoms with Crippen LogP contribution >= 0.6 is 0 Å². The molecule has 4 rings (SSSR count). The van der Waals surface area contributed by atoms with Gasteiger partial charge in [0.1, 0.15) is 5.75 Å². The summed E-state index contributed by atoms with van der Waals surface area (Å²) < 4.78 is 5.61. The first-order valence-corrected chi connectivity index (χ1v) is 7.12. The molecule has 1 aromatic rings. The van der Waals surface area contributed by atoms with Crippen LogP contribution in [0.15, 0.2) is 24.3 Å². The van der Waals surface area contributed by atoms with Crippen LogP contribution in [0.1, 0.15) is 51.0 Å². The first-order valence-electron chi connectivity index (χ1n) is 7.12. The summed E-state index contributed by atoms with van der Waals surface area (Å²) >= 11 is 0. The van der Waals surface area contributed by atoms with Crippen molar-refractivity contribution >= 4 is 0 Å². The van der Waals surface area contributed by atoms with E-state index < -0.39 is 0 Å². The predicted molar refractivity (Wildman–Crippen MR) is 71.9 cm³/mol. The third kappa shape index (κ3) is 1.93. The maximum absolute atomic E-state index is 10.3. The molecule has 18 heavy (non-hydrogen) atoms. The van der Waals surface area contributed by atoms with Crippen LogP contribution in [-0.2, 0) is 5.41 Å². The van der Waals surface area contributed by atoms with Crippen LogP contribution in [-0.4, -0.2) is 17.3 Å². The van der Waals surface area contributed by atoms with E-state index in [0.717, 1.165) is 50.9 Å². The molecular formula is C16H22O2. The van der Waals surface area contributed by atoms with Gasteiger partial charge in [-0.2, -0.15) is 0 Å². The lowest BCUT2D eigenvalue weighted by Crippen LogP contribution is -2.48. The van der Waals surface area contributed by atoms with Crippen LogP contribution in [0.3, 0.4) is 0 Å². The van der Waals surface area contributed by atoms with Crippen molar-refractivity contribution < 1.29 is 9.84 Å². The van der Waals surface area contributed by atoms with Gasteiger partial charge in [-0.15, -0.1) is 0 Å². The summed E-state index contributed by atoms with van der Waals surface area (Å²) in [6.07, 6.45) is 6.26. The molecule has 0 heterocycles. The lowest BCUT2D eigenvalue weighted by Gasteiger charge is -2.51. The average Bonchev–Trinajstić information content (AvgIpc) is 2.41. The van der Waals surface area contributed by atoms with Gasteiger partial charge in [0.25, 0.3) is 0 Å². The summed E-state index contributed by atoms with van der Waals surface area (Å²) in [5.41, 5.74) is 1.37. The Balaban J connectivity index is 1.88. The topological polar surface area (TPSA) is 29.5 Å². The van der Waals surface area contributed by atoms with Gasteiger partial charge in [0, 0.05) is 0 Å². The second kappa shape index (κ2) is 4.27. The van der Waals surface area contributed by atoms with Crippen molar-refractivity contribution in [2.75, 3.05) is 6.61 Å². The zero-order valence-corrected chi connectivity index (χ0v) is 11.1. The van der Waals surface area contributed by atoms with Crippen molar-refractivity contribution in [2.24, 2.45) is 0 Å². The number of ether oxygens (including phenoxy) is 1. The molecule has 0 saturated heterocycles. The highest BCUT2D eigenvalue weighted by Crippen LogP contribution is 2.53. The van der Waals surface area contributed by atoms with E-state index in [-0.39, 0.29) is 5.60 Å². The van der Waals surface area contributed by atoms with E-state index in [2.05, 4.69) is 18.2 Å². The zero-order chi connectivity index (χ0) is 12.6. The van der Waals surface area contributed by atoms with E-state index in [1.807, 2.05) is 13.0 Å². The summed E-state index contributed by atoms with van der Waals surface area (Å²) in [5.74, 6) is 0.982. The van der Waals surface area contributed by atoms with Gasteiger partial charge in [0.05, 0.1) is 12.2 Å². The standard InChI is InChI=1S/C16H22O2/c1-2-18-14-5-3-4-13(12-14)15-6-9-16(17,10-7-15)11-8-15/h3-5,12,17H,2,6-11H2,1H3. The molecule has 2 nitrogen and oxygen atoms in total. The lowest BCUT2D eigenvalue weighted by molar-refractivity contribution is -0.0660. The molecule has 0 atom stereocenters. The van der Waals surface area contributed by atoms with Crippen molar-refractivity contribution in [1.82, 2.24) is 0 Å². The minimum atomic E-state index is -0.348. The normalized spacial score (nSPS) is 34.6. The average molecular weight is 246 g/mol. The van der Waals surface area contributed by atoms with Crippen molar-refractivity contribution in [3.63, 3.8) is 0 Å². The van der Waals surface area contributed by atoms with E-state index in [9.17, 15) is 5.11 Å². The van der Waals surface area contributed by atoms with E-state index >= 15 is 0 Å². The van der Waals surface area contributed by atoms with E-state index in [1.54, 1.807) is 0 Å². The van der Waals surface area contributed by atoms with Crippen molar-refractivity contribution in [3.05, 3.63) is 29.8 Å². The fourth-order valence-corrected chi connectivity index (χ4v) is 3.68. The predicted octanol–water partition coefficient (Wildman–Crippen LogP) is 3.42. The van der Waals surface area contributed by atoms with E-state index in [1.165, 1.54) is 5.56 Å². The molecule has 0 aromatic heterocycles. The Morgan fingerprint density at radius 1 is 1.11 bits per heavy atom. The summed E-state index contributed by atoms with van der Waals surface area (Å²) in [6, 6.07) is 8.58. The fraction of sp³-hybridized carbons (Fsp3) is 0.625. The molecule has 3 aliphatic rings. The second-order valence-corrected chi connectivity index (χ2v) is 5.97. The molecular weight excluding hydrogens is 224 g/mol. The Hall–Kier alpha value is -1.02. The van der Waals surface area contributed by atoms with Gasteiger partial charge in [0.15, 0.2) is 0 Å². The Morgan fingerprint density at radius 2 is 1.78 bits per heavy atom. The van der Waals surface area contributed by atoms with Crippen LogP contribution in [0.25, 0.3) is 0 Å². The molecule has 0 unspecified atom stereocenters. The van der Waals surface area contributed by atoms with Gasteiger partial charge >= 0.3 is 0 Å². The third-order valence-corrected chi connectivity index (χ3v) is 4.96. The summed E-state index contributed by atoms with van der Waals surface area (Å²) in [5, 5.41) is 10.3. The maximum atomic E-state index is 10.3.